The third kappa shape index (κ3) is 3.43. The molecule has 7 nitrogen and oxygen atoms in total. The van der Waals surface area contributed by atoms with Crippen LogP contribution in [-0.2, 0) is 9.59 Å². The summed E-state index contributed by atoms with van der Waals surface area (Å²) in [5, 5.41) is 4.98. The summed E-state index contributed by atoms with van der Waals surface area (Å²) >= 11 is 1.30. The Kier molecular flexibility index (Phi) is 5.26. The molecular weight excluding hydrogens is 400 g/mol. The zero-order chi connectivity index (χ0) is 21.4. The minimum Gasteiger partial charge on any atom is -0.325 e. The van der Waals surface area contributed by atoms with Gasteiger partial charge in [-0.1, -0.05) is 36.4 Å². The quantitative estimate of drug-likeness (QED) is 0.769. The van der Waals surface area contributed by atoms with Crippen molar-refractivity contribution in [1.82, 2.24) is 4.90 Å². The van der Waals surface area contributed by atoms with Gasteiger partial charge in [0.2, 0.25) is 5.91 Å². The lowest BCUT2D eigenvalue weighted by atomic mass is 9.99. The number of aliphatic imine (C=N–C) groups is 1. The van der Waals surface area contributed by atoms with Crippen LogP contribution in [0, 0.1) is 5.92 Å². The number of amides is 4. The van der Waals surface area contributed by atoms with E-state index < -0.39 is 11.9 Å². The molecule has 2 heterocycles. The number of fused-ring (bicyclic) bond motifs is 2. The maximum Gasteiger partial charge on any atom is 0.445 e. The zero-order valence-electron chi connectivity index (χ0n) is 16.9. The highest BCUT2D eigenvalue weighted by Crippen LogP contribution is 2.34. The van der Waals surface area contributed by atoms with E-state index in [1.807, 2.05) is 49.4 Å². The molecule has 0 bridgehead atoms. The molecule has 0 aliphatic carbocycles. The average Bonchev–Trinajstić information content (AvgIpc) is 2.75. The van der Waals surface area contributed by atoms with E-state index in [-0.39, 0.29) is 17.6 Å². The second-order valence-electron chi connectivity index (χ2n) is 7.20. The summed E-state index contributed by atoms with van der Waals surface area (Å²) in [7, 11) is 3.06. The van der Waals surface area contributed by atoms with Gasteiger partial charge in [-0.15, -0.1) is 16.8 Å². The molecule has 0 spiro atoms. The molecule has 0 radical (unpaired) electrons. The summed E-state index contributed by atoms with van der Waals surface area (Å²) in [5.74, 6) is -0.630. The predicted molar refractivity (Wildman–Crippen MR) is 119 cm³/mol. The molecule has 152 valence electrons. The van der Waals surface area contributed by atoms with Gasteiger partial charge in [-0.25, -0.2) is 4.79 Å². The van der Waals surface area contributed by atoms with Crippen molar-refractivity contribution in [2.45, 2.75) is 6.92 Å². The number of anilines is 1. The van der Waals surface area contributed by atoms with Gasteiger partial charge in [0, 0.05) is 16.0 Å². The fourth-order valence-electron chi connectivity index (χ4n) is 3.62. The fraction of sp³-hybridized carbons (Fsp3) is 0.227. The number of benzene rings is 2. The van der Waals surface area contributed by atoms with Crippen molar-refractivity contribution in [3.63, 3.8) is 0 Å². The van der Waals surface area contributed by atoms with Crippen LogP contribution in [0.3, 0.4) is 0 Å². The van der Waals surface area contributed by atoms with Gasteiger partial charge in [-0.05, 0) is 23.9 Å². The molecule has 2 aromatic carbocycles. The van der Waals surface area contributed by atoms with E-state index in [9.17, 15) is 14.4 Å². The van der Waals surface area contributed by atoms with Crippen LogP contribution in [-0.4, -0.2) is 59.2 Å². The summed E-state index contributed by atoms with van der Waals surface area (Å²) in [6.07, 6.45) is 1.64. The van der Waals surface area contributed by atoms with Crippen molar-refractivity contribution >= 4 is 58.1 Å². The molecule has 4 amide bonds. The number of nitrogens with one attached hydrogen (secondary N) is 1. The fourth-order valence-corrected chi connectivity index (χ4v) is 4.63. The molecule has 1 unspecified atom stereocenters. The summed E-state index contributed by atoms with van der Waals surface area (Å²) in [4.78, 5) is 43.8. The van der Waals surface area contributed by atoms with E-state index in [1.165, 1.54) is 23.4 Å². The number of nitrogens with zero attached hydrogens (tertiary/aromatic N) is 3. The molecule has 2 aliphatic rings. The first-order valence-corrected chi connectivity index (χ1v) is 10.4. The van der Waals surface area contributed by atoms with E-state index in [4.69, 9.17) is 0 Å². The number of amidine groups is 1. The number of dihydropyridines is 1. The van der Waals surface area contributed by atoms with Crippen molar-refractivity contribution in [3.05, 3.63) is 52.9 Å². The van der Waals surface area contributed by atoms with Gasteiger partial charge < -0.3 is 5.32 Å². The Morgan fingerprint density at radius 3 is 2.73 bits per heavy atom. The summed E-state index contributed by atoms with van der Waals surface area (Å²) in [6, 6.07) is 13.2. The van der Waals surface area contributed by atoms with Crippen LogP contribution >= 0.6 is 11.8 Å². The maximum atomic E-state index is 12.8. The maximum absolute atomic E-state index is 12.8. The van der Waals surface area contributed by atoms with Gasteiger partial charge in [0.25, 0.3) is 5.84 Å². The number of allylic oxidation sites excluding steroid dienone is 1. The summed E-state index contributed by atoms with van der Waals surface area (Å²) in [5.41, 5.74) is 1.57. The molecule has 8 heteroatoms. The Labute approximate surface area is 178 Å². The van der Waals surface area contributed by atoms with E-state index in [2.05, 4.69) is 10.3 Å². The highest BCUT2D eigenvalue weighted by Gasteiger charge is 2.47. The Morgan fingerprint density at radius 2 is 1.93 bits per heavy atom. The standard InChI is InChI=1S/C22H20N4O3S/c1-13-11-23-20-18(21(28)26(3)22(29)25(20)2)19(13)30-12-17(27)24-16-10-6-8-14-7-4-5-9-15(14)16/h4-11,18H,12H2,1-3H3/p+1. The Bertz CT molecular complexity index is 1180. The number of urea groups is 1. The Morgan fingerprint density at radius 1 is 1.20 bits per heavy atom. The van der Waals surface area contributed by atoms with Crippen LogP contribution in [0.5, 0.6) is 0 Å². The molecule has 4 rings (SSSR count). The van der Waals surface area contributed by atoms with Crippen LogP contribution < -0.4 is 5.32 Å². The van der Waals surface area contributed by atoms with Gasteiger partial charge in [-0.2, -0.15) is 9.48 Å². The highest BCUT2D eigenvalue weighted by molar-refractivity contribution is 8.03. The van der Waals surface area contributed by atoms with E-state index in [0.29, 0.717) is 5.84 Å². The predicted octanol–water partition coefficient (Wildman–Crippen LogP) is 3.12. The van der Waals surface area contributed by atoms with Gasteiger partial charge in [0.05, 0.1) is 19.8 Å². The molecule has 0 saturated heterocycles. The first kappa shape index (κ1) is 20.0. The third-order valence-electron chi connectivity index (χ3n) is 5.22. The lowest BCUT2D eigenvalue weighted by Crippen LogP contribution is -2.52. The van der Waals surface area contributed by atoms with Gasteiger partial charge in [-0.3, -0.25) is 9.59 Å². The van der Waals surface area contributed by atoms with Gasteiger partial charge >= 0.3 is 11.9 Å². The first-order chi connectivity index (χ1) is 14.4. The number of hydrogen-bond donors (Lipinski definition) is 1. The Hall–Kier alpha value is -3.26. The van der Waals surface area contributed by atoms with E-state index in [1.54, 1.807) is 13.3 Å². The molecule has 1 atom stereocenters. The highest BCUT2D eigenvalue weighted by atomic mass is 32.2. The average molecular weight is 422 g/mol. The van der Waals surface area contributed by atoms with Crippen LogP contribution in [0.15, 0.2) is 57.9 Å². The second-order valence-corrected chi connectivity index (χ2v) is 8.22. The lowest BCUT2D eigenvalue weighted by molar-refractivity contribution is -0.407. The molecule has 0 aromatic heterocycles. The largest absolute Gasteiger partial charge is 0.445 e. The molecule has 1 N–H and O–H groups in total. The van der Waals surface area contributed by atoms with Crippen LogP contribution in [0.4, 0.5) is 10.5 Å². The smallest absolute Gasteiger partial charge is 0.325 e. The van der Waals surface area contributed by atoms with Crippen LogP contribution in [0.1, 0.15) is 6.92 Å². The van der Waals surface area contributed by atoms with Crippen molar-refractivity contribution in [2.24, 2.45) is 10.9 Å². The topological polar surface area (TPSA) is 81.9 Å². The molecular formula is C22H21N4O3S+. The second kappa shape index (κ2) is 7.87. The Balaban J connectivity index is 1.54. The van der Waals surface area contributed by atoms with Crippen molar-refractivity contribution in [1.29, 1.82) is 0 Å². The minimum atomic E-state index is -0.668. The molecule has 0 fully saturated rings. The van der Waals surface area contributed by atoms with Gasteiger partial charge in [0.1, 0.15) is 6.21 Å². The van der Waals surface area contributed by atoms with Crippen LogP contribution in [0.25, 0.3) is 10.8 Å². The molecule has 2 aliphatic heterocycles. The minimum absolute atomic E-state index is 0.141. The zero-order valence-corrected chi connectivity index (χ0v) is 17.7. The SMILES string of the molecule is CC1=C(SCC(=O)Nc2cccc3ccccc23)C2C(=O)N(C)C(=O)[N+](C)=C2N=C1. The van der Waals surface area contributed by atoms with E-state index in [0.717, 1.165) is 31.8 Å². The number of imide groups is 1. The number of thioether (sulfide) groups is 1. The monoisotopic (exact) mass is 421 g/mol. The molecule has 0 saturated carbocycles. The van der Waals surface area contributed by atoms with Crippen molar-refractivity contribution in [2.75, 3.05) is 25.2 Å². The number of hydrogen-bond acceptors (Lipinski definition) is 5. The van der Waals surface area contributed by atoms with Crippen LogP contribution in [0.2, 0.25) is 0 Å². The number of carbonyl (C=O) groups is 3. The lowest BCUT2D eigenvalue weighted by Gasteiger charge is -2.27. The van der Waals surface area contributed by atoms with Crippen molar-refractivity contribution in [3.8, 4) is 0 Å². The van der Waals surface area contributed by atoms with Crippen molar-refractivity contribution < 1.29 is 19.0 Å². The summed E-state index contributed by atoms with van der Waals surface area (Å²) in [6.45, 7) is 1.86. The molecule has 30 heavy (non-hydrogen) atoms. The number of rotatable bonds is 4. The van der Waals surface area contributed by atoms with E-state index >= 15 is 0 Å². The van der Waals surface area contributed by atoms with Gasteiger partial charge in [0.15, 0.2) is 5.92 Å². The number of carbonyl (C=O) groups excluding carboxylic acids is 3. The third-order valence-corrected chi connectivity index (χ3v) is 6.49. The molecule has 2 aromatic rings. The summed E-state index contributed by atoms with van der Waals surface area (Å²) < 4.78 is 1.38. The first-order valence-electron chi connectivity index (χ1n) is 9.46. The normalized spacial score (nSPS) is 18.9.